The lowest BCUT2D eigenvalue weighted by Crippen LogP contribution is -2.21. The van der Waals surface area contributed by atoms with E-state index in [0.717, 1.165) is 16.0 Å². The van der Waals surface area contributed by atoms with E-state index in [-0.39, 0.29) is 44.4 Å². The number of carbonyl (C=O) groups excluding carboxylic acids is 3. The van der Waals surface area contributed by atoms with E-state index in [0.29, 0.717) is 0 Å². The summed E-state index contributed by atoms with van der Waals surface area (Å²) in [6.45, 7) is 5.73. The van der Waals surface area contributed by atoms with Gasteiger partial charge in [0, 0.05) is 0 Å². The summed E-state index contributed by atoms with van der Waals surface area (Å²) in [6, 6.07) is 0. The molecule has 8 nitrogen and oxygen atoms in total. The number of rotatable bonds is 7. The van der Waals surface area contributed by atoms with Gasteiger partial charge in [-0.05, 0) is 49.2 Å². The van der Waals surface area contributed by atoms with E-state index in [9.17, 15) is 27.6 Å². The van der Waals surface area contributed by atoms with Crippen molar-refractivity contribution in [2.45, 2.75) is 40.4 Å². The van der Waals surface area contributed by atoms with Crippen LogP contribution < -0.4 is 5.32 Å². The van der Waals surface area contributed by atoms with Gasteiger partial charge in [-0.1, -0.05) is 0 Å². The number of amides is 1. The molecule has 0 fully saturated rings. The van der Waals surface area contributed by atoms with Gasteiger partial charge in [0.1, 0.15) is 16.4 Å². The van der Waals surface area contributed by atoms with Gasteiger partial charge in [-0.15, -0.1) is 11.3 Å². The third-order valence-electron chi connectivity index (χ3n) is 4.04. The van der Waals surface area contributed by atoms with Gasteiger partial charge in [0.2, 0.25) is 5.91 Å². The summed E-state index contributed by atoms with van der Waals surface area (Å²) in [5.74, 6) is -2.16. The van der Waals surface area contributed by atoms with Gasteiger partial charge in [0.05, 0.1) is 28.9 Å². The zero-order chi connectivity index (χ0) is 23.5. The third kappa shape index (κ3) is 5.45. The van der Waals surface area contributed by atoms with Gasteiger partial charge in [0.15, 0.2) is 5.69 Å². The number of nitrogens with one attached hydrogen (secondary N) is 1. The molecule has 1 amide bonds. The maximum atomic E-state index is 13.0. The molecule has 13 heteroatoms. The van der Waals surface area contributed by atoms with Gasteiger partial charge >= 0.3 is 18.1 Å². The lowest BCUT2D eigenvalue weighted by Gasteiger charge is -2.08. The SMILES string of the molecule is CCOC(=O)c1sc(NC(=O)Cn2nc(C(F)(F)F)c(Br)c2C)c(C(=O)OCC)c1C. The van der Waals surface area contributed by atoms with Crippen LogP contribution in [0.1, 0.15) is 50.8 Å². The molecule has 2 aromatic heterocycles. The number of aromatic nitrogens is 2. The first-order valence-corrected chi connectivity index (χ1v) is 10.6. The minimum absolute atomic E-state index is 0.0161. The Kier molecular flexibility index (Phi) is 7.87. The first kappa shape index (κ1) is 24.9. The zero-order valence-corrected chi connectivity index (χ0v) is 19.4. The normalized spacial score (nSPS) is 11.4. The molecule has 2 aromatic rings. The Labute approximate surface area is 187 Å². The molecule has 0 aromatic carbocycles. The molecular weight excluding hydrogens is 507 g/mol. The number of anilines is 1. The quantitative estimate of drug-likeness (QED) is 0.540. The zero-order valence-electron chi connectivity index (χ0n) is 17.0. The Bertz CT molecular complexity index is 1020. The fourth-order valence-electron chi connectivity index (χ4n) is 2.60. The lowest BCUT2D eigenvalue weighted by molar-refractivity contribution is -0.142. The summed E-state index contributed by atoms with van der Waals surface area (Å²) in [4.78, 5) is 37.2. The van der Waals surface area contributed by atoms with Crippen LogP contribution in [0.25, 0.3) is 0 Å². The molecule has 0 aliphatic heterocycles. The van der Waals surface area contributed by atoms with Crippen molar-refractivity contribution in [1.29, 1.82) is 0 Å². The molecule has 0 aliphatic carbocycles. The summed E-state index contributed by atoms with van der Waals surface area (Å²) >= 11 is 3.66. The molecule has 31 heavy (non-hydrogen) atoms. The van der Waals surface area contributed by atoms with Gasteiger partial charge in [-0.3, -0.25) is 9.48 Å². The number of hydrogen-bond acceptors (Lipinski definition) is 7. The number of alkyl halides is 3. The predicted octanol–water partition coefficient (Wildman–Crippen LogP) is 4.33. The van der Waals surface area contributed by atoms with Gasteiger partial charge in [-0.25, -0.2) is 9.59 Å². The predicted molar refractivity (Wildman–Crippen MR) is 109 cm³/mol. The number of halogens is 4. The van der Waals surface area contributed by atoms with Crippen molar-refractivity contribution in [2.24, 2.45) is 0 Å². The highest BCUT2D eigenvalue weighted by Crippen LogP contribution is 2.36. The standard InChI is InChI=1S/C18H19BrF3N3O5S/c1-5-29-16(27)11-8(3)13(17(28)30-6-2)31-15(11)23-10(26)7-25-9(4)12(19)14(24-25)18(20,21)22/h5-7H2,1-4H3,(H,23,26). The van der Waals surface area contributed by atoms with E-state index in [1.54, 1.807) is 13.8 Å². The van der Waals surface area contributed by atoms with Crippen molar-refractivity contribution in [3.05, 3.63) is 31.9 Å². The second-order valence-electron chi connectivity index (χ2n) is 6.15. The molecule has 0 atom stereocenters. The molecule has 0 bridgehead atoms. The second-order valence-corrected chi connectivity index (χ2v) is 7.97. The second kappa shape index (κ2) is 9.81. The van der Waals surface area contributed by atoms with E-state index < -0.39 is 36.3 Å². The monoisotopic (exact) mass is 525 g/mol. The van der Waals surface area contributed by atoms with Crippen LogP contribution in [-0.4, -0.2) is 40.8 Å². The molecule has 2 rings (SSSR count). The topological polar surface area (TPSA) is 99.5 Å². The molecule has 1 N–H and O–H groups in total. The molecule has 0 saturated carbocycles. The van der Waals surface area contributed by atoms with Crippen molar-refractivity contribution in [3.63, 3.8) is 0 Å². The van der Waals surface area contributed by atoms with Crippen LogP contribution in [0.5, 0.6) is 0 Å². The summed E-state index contributed by atoms with van der Waals surface area (Å²) in [7, 11) is 0. The molecule has 2 heterocycles. The van der Waals surface area contributed by atoms with Crippen LogP contribution >= 0.6 is 27.3 Å². The highest BCUT2D eigenvalue weighted by molar-refractivity contribution is 9.10. The third-order valence-corrected chi connectivity index (χ3v) is 6.17. The first-order chi connectivity index (χ1) is 14.4. The Morgan fingerprint density at radius 3 is 2.23 bits per heavy atom. The van der Waals surface area contributed by atoms with Gasteiger partial charge in [0.25, 0.3) is 0 Å². The van der Waals surface area contributed by atoms with Crippen molar-refractivity contribution >= 4 is 50.1 Å². The van der Waals surface area contributed by atoms with Crippen LogP contribution in [-0.2, 0) is 27.0 Å². The molecule has 0 saturated heterocycles. The van der Waals surface area contributed by atoms with E-state index in [4.69, 9.17) is 9.47 Å². The molecular formula is C18H19BrF3N3O5S. The van der Waals surface area contributed by atoms with E-state index in [2.05, 4.69) is 26.3 Å². The Morgan fingerprint density at radius 2 is 1.71 bits per heavy atom. The fraction of sp³-hybridized carbons (Fsp3) is 0.444. The minimum Gasteiger partial charge on any atom is -0.462 e. The first-order valence-electron chi connectivity index (χ1n) is 8.99. The average Bonchev–Trinajstić information content (AvgIpc) is 3.13. The van der Waals surface area contributed by atoms with E-state index in [1.807, 2.05) is 0 Å². The summed E-state index contributed by atoms with van der Waals surface area (Å²) in [6.07, 6.45) is -4.69. The largest absolute Gasteiger partial charge is 0.462 e. The average molecular weight is 526 g/mol. The summed E-state index contributed by atoms with van der Waals surface area (Å²) < 4.78 is 49.7. The highest BCUT2D eigenvalue weighted by atomic mass is 79.9. The maximum absolute atomic E-state index is 13.0. The van der Waals surface area contributed by atoms with Crippen molar-refractivity contribution < 1.29 is 37.0 Å². The van der Waals surface area contributed by atoms with Crippen LogP contribution in [0, 0.1) is 13.8 Å². The molecule has 0 unspecified atom stereocenters. The Morgan fingerprint density at radius 1 is 1.13 bits per heavy atom. The molecule has 0 radical (unpaired) electrons. The van der Waals surface area contributed by atoms with Crippen LogP contribution in [0.15, 0.2) is 4.47 Å². The molecule has 0 spiro atoms. The Balaban J connectivity index is 2.35. The maximum Gasteiger partial charge on any atom is 0.436 e. The number of esters is 2. The fourth-order valence-corrected chi connectivity index (χ4v) is 4.22. The van der Waals surface area contributed by atoms with Crippen LogP contribution in [0.2, 0.25) is 0 Å². The molecule has 0 aliphatic rings. The van der Waals surface area contributed by atoms with Gasteiger partial charge in [-0.2, -0.15) is 18.3 Å². The van der Waals surface area contributed by atoms with Crippen molar-refractivity contribution in [3.8, 4) is 0 Å². The van der Waals surface area contributed by atoms with Crippen molar-refractivity contribution in [1.82, 2.24) is 9.78 Å². The molecule has 170 valence electrons. The number of nitrogens with zero attached hydrogens (tertiary/aromatic N) is 2. The van der Waals surface area contributed by atoms with Crippen LogP contribution in [0.4, 0.5) is 18.2 Å². The van der Waals surface area contributed by atoms with Gasteiger partial charge < -0.3 is 14.8 Å². The minimum atomic E-state index is -4.69. The smallest absolute Gasteiger partial charge is 0.436 e. The van der Waals surface area contributed by atoms with Crippen molar-refractivity contribution in [2.75, 3.05) is 18.5 Å². The number of carbonyl (C=O) groups is 3. The number of hydrogen-bond donors (Lipinski definition) is 1. The van der Waals surface area contributed by atoms with E-state index in [1.165, 1.54) is 13.8 Å². The Hall–Kier alpha value is -2.41. The number of thiophene rings is 1. The highest BCUT2D eigenvalue weighted by Gasteiger charge is 2.38. The summed E-state index contributed by atoms with van der Waals surface area (Å²) in [5, 5.41) is 5.94. The van der Waals surface area contributed by atoms with E-state index >= 15 is 0 Å². The lowest BCUT2D eigenvalue weighted by atomic mass is 10.1. The summed E-state index contributed by atoms with van der Waals surface area (Å²) in [5.41, 5.74) is -0.795. The number of ether oxygens (including phenoxy) is 2. The van der Waals surface area contributed by atoms with Crippen LogP contribution in [0.3, 0.4) is 0 Å².